The van der Waals surface area contributed by atoms with Crippen molar-refractivity contribution in [2.24, 2.45) is 0 Å². The van der Waals surface area contributed by atoms with Gasteiger partial charge in [-0.05, 0) is 64.8 Å². The number of aromatic nitrogens is 2. The molecule has 0 spiro atoms. The molecule has 15 nitrogen and oxygen atoms in total. The number of likely N-dealkylation sites (tertiary alicyclic amines) is 2. The van der Waals surface area contributed by atoms with Gasteiger partial charge in [0.05, 0.1) is 72.1 Å². The highest BCUT2D eigenvalue weighted by molar-refractivity contribution is 7.85. The first-order chi connectivity index (χ1) is 21.8. The van der Waals surface area contributed by atoms with Crippen molar-refractivity contribution in [3.63, 3.8) is 0 Å². The Bertz CT molecular complexity index is 1400. The third-order valence-corrected chi connectivity index (χ3v) is 6.50. The van der Waals surface area contributed by atoms with Gasteiger partial charge in [-0.1, -0.05) is 0 Å². The molecule has 2 aliphatic rings. The minimum Gasteiger partial charge on any atom is -0.481 e. The van der Waals surface area contributed by atoms with Gasteiger partial charge < -0.3 is 38.6 Å². The first-order valence-corrected chi connectivity index (χ1v) is 16.7. The highest BCUT2D eigenvalue weighted by atomic mass is 32.2. The summed E-state index contributed by atoms with van der Waals surface area (Å²) < 4.78 is 52.0. The van der Waals surface area contributed by atoms with Crippen molar-refractivity contribution in [2.45, 2.75) is 78.2 Å². The molecule has 4 heterocycles. The maximum atomic E-state index is 11.8. The smallest absolute Gasteiger partial charge is 0.410 e. The van der Waals surface area contributed by atoms with Crippen molar-refractivity contribution in [1.82, 2.24) is 19.8 Å². The molecule has 0 radical (unpaired) electrons. The van der Waals surface area contributed by atoms with E-state index in [1.165, 1.54) is 18.2 Å². The van der Waals surface area contributed by atoms with Crippen LogP contribution in [-0.2, 0) is 41.7 Å². The highest BCUT2D eigenvalue weighted by Crippen LogP contribution is 2.19. The summed E-state index contributed by atoms with van der Waals surface area (Å²) in [7, 11) is -0.333. The fourth-order valence-electron chi connectivity index (χ4n) is 3.64. The summed E-state index contributed by atoms with van der Waals surface area (Å²) >= 11 is 0. The molecule has 2 saturated heterocycles. The number of hydrogen-bond donors (Lipinski definition) is 1. The van der Waals surface area contributed by atoms with Crippen LogP contribution in [-0.4, -0.2) is 116 Å². The van der Waals surface area contributed by atoms with Gasteiger partial charge in [-0.25, -0.2) is 19.6 Å². The molecule has 264 valence electrons. The average molecular weight is 685 g/mol. The second-order valence-electron chi connectivity index (χ2n) is 12.7. The molecule has 0 aliphatic carbocycles. The number of rotatable bonds is 8. The molecule has 0 saturated carbocycles. The molecule has 0 atom stereocenters. The Labute approximate surface area is 277 Å². The van der Waals surface area contributed by atoms with Crippen LogP contribution in [0.3, 0.4) is 0 Å². The van der Waals surface area contributed by atoms with E-state index in [1.54, 1.807) is 30.3 Å². The van der Waals surface area contributed by atoms with Gasteiger partial charge >= 0.3 is 12.2 Å². The predicted molar refractivity (Wildman–Crippen MR) is 171 cm³/mol. The Morgan fingerprint density at radius 3 is 1.62 bits per heavy atom. The van der Waals surface area contributed by atoms with Crippen molar-refractivity contribution in [2.75, 3.05) is 46.7 Å². The maximum Gasteiger partial charge on any atom is 0.410 e. The van der Waals surface area contributed by atoms with Gasteiger partial charge in [-0.15, -0.1) is 0 Å². The van der Waals surface area contributed by atoms with Crippen LogP contribution in [0.15, 0.2) is 36.7 Å². The Balaban J connectivity index is 0.000000258. The molecule has 0 bridgehead atoms. The molecule has 2 amide bonds. The zero-order valence-electron chi connectivity index (χ0n) is 28.6. The summed E-state index contributed by atoms with van der Waals surface area (Å²) in [5, 5.41) is 8.92. The Hall–Kier alpha value is -3.73. The summed E-state index contributed by atoms with van der Waals surface area (Å²) in [6.07, 6.45) is 3.28. The molecule has 2 aromatic rings. The van der Waals surface area contributed by atoms with Crippen molar-refractivity contribution in [1.29, 1.82) is 0 Å². The van der Waals surface area contributed by atoms with Crippen molar-refractivity contribution < 1.29 is 51.0 Å². The zero-order valence-corrected chi connectivity index (χ0v) is 29.4. The van der Waals surface area contributed by atoms with E-state index in [9.17, 15) is 18.0 Å². The number of nitrogens with zero attached hydrogens (tertiary/aromatic N) is 4. The molecule has 0 unspecified atom stereocenters. The van der Waals surface area contributed by atoms with Crippen LogP contribution in [0.1, 0.15) is 52.7 Å². The van der Waals surface area contributed by atoms with E-state index in [4.69, 9.17) is 28.8 Å². The van der Waals surface area contributed by atoms with E-state index < -0.39 is 21.3 Å². The number of aliphatic hydroxyl groups is 1. The molecule has 2 fully saturated rings. The number of carbonyl (C=O) groups excluding carboxylic acids is 2. The van der Waals surface area contributed by atoms with Gasteiger partial charge in [0.2, 0.25) is 11.8 Å². The number of ether oxygens (including phenoxy) is 5. The number of methoxy groups -OCH3 is 2. The molecule has 1 N–H and O–H groups in total. The SMILES string of the molecule is CC(C)(C)OC(=O)N1CC(O)C1.COc1cc(COC2CN(C(=O)OC(C)(C)C)C2)ccn1.COc1cc(COS(C)(=O)=O)ccn1. The summed E-state index contributed by atoms with van der Waals surface area (Å²) in [6.45, 7) is 13.4. The molecular weight excluding hydrogens is 636 g/mol. The van der Waals surface area contributed by atoms with Crippen LogP contribution in [0.25, 0.3) is 0 Å². The molecule has 0 aromatic carbocycles. The van der Waals surface area contributed by atoms with Gasteiger partial charge in [-0.2, -0.15) is 8.42 Å². The number of pyridine rings is 2. The van der Waals surface area contributed by atoms with E-state index in [2.05, 4.69) is 14.2 Å². The molecule has 47 heavy (non-hydrogen) atoms. The second-order valence-corrected chi connectivity index (χ2v) is 14.4. The van der Waals surface area contributed by atoms with E-state index in [0.717, 1.165) is 11.8 Å². The lowest BCUT2D eigenvalue weighted by molar-refractivity contribution is -0.0691. The van der Waals surface area contributed by atoms with Gasteiger partial charge in [0.25, 0.3) is 10.1 Å². The van der Waals surface area contributed by atoms with Crippen LogP contribution in [0.2, 0.25) is 0 Å². The van der Waals surface area contributed by atoms with E-state index in [0.29, 0.717) is 50.1 Å². The fraction of sp³-hybridized carbons (Fsp3) is 0.613. The topological polar surface area (TPSA) is 176 Å². The molecule has 4 rings (SSSR count). The average Bonchev–Trinajstić information content (AvgIpc) is 2.92. The molecule has 16 heteroatoms. The second kappa shape index (κ2) is 17.4. The Kier molecular flexibility index (Phi) is 14.6. The van der Waals surface area contributed by atoms with Crippen molar-refractivity contribution >= 4 is 22.3 Å². The lowest BCUT2D eigenvalue weighted by Gasteiger charge is -2.39. The number of amides is 2. The largest absolute Gasteiger partial charge is 0.481 e. The number of hydrogen-bond acceptors (Lipinski definition) is 13. The van der Waals surface area contributed by atoms with Crippen LogP contribution >= 0.6 is 0 Å². The maximum absolute atomic E-state index is 11.8. The summed E-state index contributed by atoms with van der Waals surface area (Å²) in [5.74, 6) is 1.000. The van der Waals surface area contributed by atoms with E-state index in [1.807, 2.05) is 53.7 Å². The van der Waals surface area contributed by atoms with Crippen LogP contribution < -0.4 is 9.47 Å². The number of carbonyl (C=O) groups is 2. The Morgan fingerprint density at radius 1 is 0.809 bits per heavy atom. The lowest BCUT2D eigenvalue weighted by Crippen LogP contribution is -2.55. The first kappa shape index (κ1) is 39.4. The van der Waals surface area contributed by atoms with Crippen LogP contribution in [0.4, 0.5) is 9.59 Å². The first-order valence-electron chi connectivity index (χ1n) is 14.8. The molecule has 2 aliphatic heterocycles. The molecular formula is C31H48N4O11S. The zero-order chi connectivity index (χ0) is 35.4. The minimum atomic E-state index is -3.40. The van der Waals surface area contributed by atoms with E-state index in [-0.39, 0.29) is 31.0 Å². The van der Waals surface area contributed by atoms with Crippen LogP contribution in [0.5, 0.6) is 11.8 Å². The number of aliphatic hydroxyl groups excluding tert-OH is 1. The molecule has 2 aromatic heterocycles. The van der Waals surface area contributed by atoms with Crippen LogP contribution in [0, 0.1) is 0 Å². The quantitative estimate of drug-likeness (QED) is 0.401. The normalized spacial score (nSPS) is 15.1. The Morgan fingerprint density at radius 2 is 1.23 bits per heavy atom. The van der Waals surface area contributed by atoms with Gasteiger partial charge in [0.1, 0.15) is 11.2 Å². The fourth-order valence-corrected chi connectivity index (χ4v) is 3.99. The van der Waals surface area contributed by atoms with Gasteiger partial charge in [-0.3, -0.25) is 4.18 Å². The summed E-state index contributed by atoms with van der Waals surface area (Å²) in [5.41, 5.74) is 0.786. The lowest BCUT2D eigenvalue weighted by atomic mass is 10.1. The predicted octanol–water partition coefficient (Wildman–Crippen LogP) is 3.39. The summed E-state index contributed by atoms with van der Waals surface area (Å²) in [4.78, 5) is 34.0. The van der Waals surface area contributed by atoms with Gasteiger partial charge in [0, 0.05) is 24.5 Å². The standard InChI is InChI=1S/C15H22N2O4.C8H11NO4S.C8H15NO3/c1-15(2,3)21-14(18)17-8-12(9-17)20-10-11-5-6-16-13(7-11)19-4;1-12-8-5-7(3-4-9-8)6-13-14(2,10)11;1-8(2,3)12-7(11)9-4-6(10)5-9/h5-7,12H,8-10H2,1-4H3;3-5H,6H2,1-2H3;6,10H,4-5H2,1-3H3. The minimum absolute atomic E-state index is 0.00227. The van der Waals surface area contributed by atoms with Crippen molar-refractivity contribution in [3.8, 4) is 11.8 Å². The monoisotopic (exact) mass is 684 g/mol. The van der Waals surface area contributed by atoms with Crippen molar-refractivity contribution in [3.05, 3.63) is 47.8 Å². The third-order valence-electron chi connectivity index (χ3n) is 5.96. The van der Waals surface area contributed by atoms with Gasteiger partial charge in [0.15, 0.2) is 0 Å². The highest BCUT2D eigenvalue weighted by Gasteiger charge is 2.34. The summed E-state index contributed by atoms with van der Waals surface area (Å²) in [6, 6.07) is 7.00. The van der Waals surface area contributed by atoms with E-state index >= 15 is 0 Å². The number of β-amino-alcohol motifs (C(OH)–C–C–N with tert-alkyl or cyclic N) is 1. The third kappa shape index (κ3) is 16.1.